The Morgan fingerprint density at radius 2 is 1.89 bits per heavy atom. The molecule has 0 fully saturated rings. The molecule has 1 heterocycles. The zero-order chi connectivity index (χ0) is 13.8. The summed E-state index contributed by atoms with van der Waals surface area (Å²) in [5.41, 5.74) is 0.913. The van der Waals surface area contributed by atoms with Gasteiger partial charge in [-0.25, -0.2) is 4.39 Å². The summed E-state index contributed by atoms with van der Waals surface area (Å²) in [6, 6.07) is 8.42. The van der Waals surface area contributed by atoms with Crippen molar-refractivity contribution in [2.45, 2.75) is 13.0 Å². The van der Waals surface area contributed by atoms with Crippen molar-refractivity contribution < 1.29 is 9.18 Å². The van der Waals surface area contributed by atoms with Crippen molar-refractivity contribution in [1.29, 1.82) is 0 Å². The molecule has 2 aromatic rings. The molecule has 2 N–H and O–H groups in total. The first-order chi connectivity index (χ1) is 9.06. The van der Waals surface area contributed by atoms with Gasteiger partial charge in [-0.1, -0.05) is 12.1 Å². The fourth-order valence-electron chi connectivity index (χ4n) is 1.67. The molecule has 0 bridgehead atoms. The zero-order valence-electron chi connectivity index (χ0n) is 10.3. The quantitative estimate of drug-likeness (QED) is 0.886. The fourth-order valence-corrected chi connectivity index (χ4v) is 1.67. The van der Waals surface area contributed by atoms with E-state index in [0.29, 0.717) is 5.56 Å². The molecule has 5 heteroatoms. The summed E-state index contributed by atoms with van der Waals surface area (Å²) in [6.45, 7) is 1.80. The summed E-state index contributed by atoms with van der Waals surface area (Å²) in [6.07, 6.45) is 1.36. The van der Waals surface area contributed by atoms with Gasteiger partial charge in [-0.2, -0.15) is 0 Å². The highest BCUT2D eigenvalue weighted by Gasteiger charge is 2.11. The normalized spacial score (nSPS) is 11.9. The number of rotatable bonds is 3. The van der Waals surface area contributed by atoms with E-state index in [1.165, 1.54) is 30.5 Å². The Morgan fingerprint density at radius 1 is 1.21 bits per heavy atom. The highest BCUT2D eigenvalue weighted by atomic mass is 19.1. The number of pyridine rings is 1. The second-order valence-corrected chi connectivity index (χ2v) is 4.19. The van der Waals surface area contributed by atoms with Crippen LogP contribution in [0.15, 0.2) is 47.4 Å². The molecule has 0 spiro atoms. The van der Waals surface area contributed by atoms with Gasteiger partial charge in [-0.3, -0.25) is 9.59 Å². The van der Waals surface area contributed by atoms with E-state index in [1.54, 1.807) is 19.1 Å². The smallest absolute Gasteiger partial charge is 0.253 e. The highest BCUT2D eigenvalue weighted by molar-refractivity contribution is 5.94. The van der Waals surface area contributed by atoms with Gasteiger partial charge >= 0.3 is 0 Å². The molecule has 4 nitrogen and oxygen atoms in total. The second kappa shape index (κ2) is 5.48. The van der Waals surface area contributed by atoms with Gasteiger partial charge in [-0.05, 0) is 30.7 Å². The minimum Gasteiger partial charge on any atom is -0.345 e. The third-order valence-electron chi connectivity index (χ3n) is 2.76. The third-order valence-corrected chi connectivity index (χ3v) is 2.76. The van der Waals surface area contributed by atoms with Gasteiger partial charge in [0.2, 0.25) is 5.56 Å². The molecule has 1 atom stereocenters. The Labute approximate surface area is 109 Å². The van der Waals surface area contributed by atoms with Crippen molar-refractivity contribution >= 4 is 5.91 Å². The molecular weight excluding hydrogens is 247 g/mol. The number of amides is 1. The van der Waals surface area contributed by atoms with E-state index in [0.717, 1.165) is 5.56 Å². The van der Waals surface area contributed by atoms with E-state index in [-0.39, 0.29) is 23.3 Å². The summed E-state index contributed by atoms with van der Waals surface area (Å²) in [7, 11) is 0. The zero-order valence-corrected chi connectivity index (χ0v) is 10.3. The number of hydrogen-bond donors (Lipinski definition) is 2. The van der Waals surface area contributed by atoms with Gasteiger partial charge in [0.15, 0.2) is 0 Å². The number of halogens is 1. The number of carbonyl (C=O) groups excluding carboxylic acids is 1. The lowest BCUT2D eigenvalue weighted by atomic mass is 10.1. The number of aromatic amines is 1. The number of carbonyl (C=O) groups is 1. The Hall–Kier alpha value is -2.43. The average molecular weight is 260 g/mol. The number of benzene rings is 1. The molecule has 1 aromatic heterocycles. The first kappa shape index (κ1) is 13.0. The van der Waals surface area contributed by atoms with Gasteiger partial charge in [0.25, 0.3) is 5.91 Å². The van der Waals surface area contributed by atoms with E-state index < -0.39 is 0 Å². The molecule has 1 amide bonds. The van der Waals surface area contributed by atoms with Crippen LogP contribution in [0.4, 0.5) is 4.39 Å². The SMILES string of the molecule is C[C@@H](NC(=O)c1ccc(=O)[nH]c1)c1ccc(F)cc1. The molecule has 0 saturated carbocycles. The number of hydrogen-bond acceptors (Lipinski definition) is 2. The van der Waals surface area contributed by atoms with Gasteiger partial charge in [0.05, 0.1) is 11.6 Å². The topological polar surface area (TPSA) is 62.0 Å². The first-order valence-electron chi connectivity index (χ1n) is 5.81. The summed E-state index contributed by atoms with van der Waals surface area (Å²) < 4.78 is 12.8. The average Bonchev–Trinajstić information content (AvgIpc) is 2.40. The van der Waals surface area contributed by atoms with Crippen LogP contribution in [0.5, 0.6) is 0 Å². The van der Waals surface area contributed by atoms with Crippen LogP contribution in [0.3, 0.4) is 0 Å². The molecule has 0 aliphatic rings. The van der Waals surface area contributed by atoms with Crippen LogP contribution in [-0.4, -0.2) is 10.9 Å². The van der Waals surface area contributed by atoms with Crippen LogP contribution in [0.1, 0.15) is 28.9 Å². The Kier molecular flexibility index (Phi) is 3.75. The molecule has 0 radical (unpaired) electrons. The van der Waals surface area contributed by atoms with Crippen molar-refractivity contribution in [3.05, 3.63) is 69.9 Å². The largest absolute Gasteiger partial charge is 0.345 e. The predicted octanol–water partition coefficient (Wildman–Crippen LogP) is 2.00. The van der Waals surface area contributed by atoms with Crippen LogP contribution < -0.4 is 10.9 Å². The standard InChI is InChI=1S/C14H13FN2O2/c1-9(10-2-5-12(15)6-3-10)17-14(19)11-4-7-13(18)16-8-11/h2-9H,1H3,(H,16,18)(H,17,19)/t9-/m1/s1. The maximum atomic E-state index is 12.8. The molecular formula is C14H13FN2O2. The fraction of sp³-hybridized carbons (Fsp3) is 0.143. The van der Waals surface area contributed by atoms with E-state index in [2.05, 4.69) is 10.3 Å². The minimum atomic E-state index is -0.317. The monoisotopic (exact) mass is 260 g/mol. The Bertz CT molecular complexity index is 614. The van der Waals surface area contributed by atoms with Crippen LogP contribution in [0.25, 0.3) is 0 Å². The van der Waals surface area contributed by atoms with Crippen molar-refractivity contribution in [3.8, 4) is 0 Å². The lowest BCUT2D eigenvalue weighted by molar-refractivity contribution is 0.0939. The van der Waals surface area contributed by atoms with E-state index in [9.17, 15) is 14.0 Å². The highest BCUT2D eigenvalue weighted by Crippen LogP contribution is 2.13. The molecule has 0 unspecified atom stereocenters. The van der Waals surface area contributed by atoms with Crippen molar-refractivity contribution in [2.75, 3.05) is 0 Å². The van der Waals surface area contributed by atoms with Gasteiger partial charge in [-0.15, -0.1) is 0 Å². The number of H-pyrrole nitrogens is 1. The van der Waals surface area contributed by atoms with E-state index in [4.69, 9.17) is 0 Å². The van der Waals surface area contributed by atoms with Crippen molar-refractivity contribution in [1.82, 2.24) is 10.3 Å². The molecule has 1 aromatic carbocycles. The third kappa shape index (κ3) is 3.28. The molecule has 0 aliphatic carbocycles. The molecule has 2 rings (SSSR count). The van der Waals surface area contributed by atoms with Gasteiger partial charge in [0, 0.05) is 12.3 Å². The Balaban J connectivity index is 2.08. The van der Waals surface area contributed by atoms with Crippen LogP contribution in [0, 0.1) is 5.82 Å². The first-order valence-corrected chi connectivity index (χ1v) is 5.81. The minimum absolute atomic E-state index is 0.250. The van der Waals surface area contributed by atoms with Gasteiger partial charge in [0.1, 0.15) is 5.82 Å². The second-order valence-electron chi connectivity index (χ2n) is 4.19. The maximum absolute atomic E-state index is 12.8. The molecule has 98 valence electrons. The molecule has 0 aliphatic heterocycles. The summed E-state index contributed by atoms with van der Waals surface area (Å²) in [5.74, 6) is -0.615. The van der Waals surface area contributed by atoms with Gasteiger partial charge < -0.3 is 10.3 Å². The summed E-state index contributed by atoms with van der Waals surface area (Å²) in [5, 5.41) is 2.77. The molecule has 0 saturated heterocycles. The van der Waals surface area contributed by atoms with Crippen LogP contribution in [-0.2, 0) is 0 Å². The van der Waals surface area contributed by atoms with Crippen molar-refractivity contribution in [3.63, 3.8) is 0 Å². The number of nitrogens with one attached hydrogen (secondary N) is 2. The lowest BCUT2D eigenvalue weighted by Gasteiger charge is -2.14. The lowest BCUT2D eigenvalue weighted by Crippen LogP contribution is -2.27. The summed E-state index contributed by atoms with van der Waals surface area (Å²) >= 11 is 0. The van der Waals surface area contributed by atoms with E-state index >= 15 is 0 Å². The predicted molar refractivity (Wildman–Crippen MR) is 69.3 cm³/mol. The van der Waals surface area contributed by atoms with E-state index in [1.807, 2.05) is 0 Å². The van der Waals surface area contributed by atoms with Crippen LogP contribution in [0.2, 0.25) is 0 Å². The maximum Gasteiger partial charge on any atom is 0.253 e. The number of aromatic nitrogens is 1. The Morgan fingerprint density at radius 3 is 2.47 bits per heavy atom. The molecule has 19 heavy (non-hydrogen) atoms. The van der Waals surface area contributed by atoms with Crippen LogP contribution >= 0.6 is 0 Å². The summed E-state index contributed by atoms with van der Waals surface area (Å²) in [4.78, 5) is 25.2. The van der Waals surface area contributed by atoms with Crippen molar-refractivity contribution in [2.24, 2.45) is 0 Å².